The Balaban J connectivity index is 3.63. The monoisotopic (exact) mass is 240 g/mol. The van der Waals surface area contributed by atoms with Gasteiger partial charge in [-0.3, -0.25) is 9.59 Å². The molecule has 4 heteroatoms. The number of carbonyl (C=O) groups is 2. The van der Waals surface area contributed by atoms with Gasteiger partial charge in [0, 0.05) is 25.1 Å². The Morgan fingerprint density at radius 2 is 1.71 bits per heavy atom. The number of allylic oxidation sites excluding steroid dienone is 1. The van der Waals surface area contributed by atoms with Gasteiger partial charge in [-0.2, -0.15) is 0 Å². The van der Waals surface area contributed by atoms with Gasteiger partial charge in [0.15, 0.2) is 5.78 Å². The molecule has 0 rings (SSSR count). The van der Waals surface area contributed by atoms with Crippen LogP contribution in [0.2, 0.25) is 0 Å². The molecule has 17 heavy (non-hydrogen) atoms. The topological polar surface area (TPSA) is 58.2 Å². The molecule has 2 N–H and O–H groups in total. The maximum atomic E-state index is 11.3. The lowest BCUT2D eigenvalue weighted by Gasteiger charge is -2.07. The lowest BCUT2D eigenvalue weighted by atomic mass is 10.1. The second kappa shape index (κ2) is 8.93. The molecule has 0 unspecified atom stereocenters. The molecule has 0 aliphatic carbocycles. The summed E-state index contributed by atoms with van der Waals surface area (Å²) in [5.41, 5.74) is 0. The van der Waals surface area contributed by atoms with Crippen LogP contribution in [0.5, 0.6) is 0 Å². The molecule has 0 aromatic rings. The van der Waals surface area contributed by atoms with Gasteiger partial charge in [-0.05, 0) is 18.5 Å². The van der Waals surface area contributed by atoms with Gasteiger partial charge in [-0.25, -0.2) is 0 Å². The Hall–Kier alpha value is -1.16. The SMILES string of the molecule is CC(C)CNCCNC(=O)/C=C\C(=O)C(C)C. The smallest absolute Gasteiger partial charge is 0.244 e. The van der Waals surface area contributed by atoms with Crippen LogP contribution in [0.25, 0.3) is 0 Å². The van der Waals surface area contributed by atoms with Crippen LogP contribution in [-0.2, 0) is 9.59 Å². The van der Waals surface area contributed by atoms with Crippen molar-refractivity contribution in [1.29, 1.82) is 0 Å². The molecule has 0 bridgehead atoms. The third-order valence-corrected chi connectivity index (χ3v) is 2.12. The standard InChI is InChI=1S/C13H24N2O2/c1-10(2)9-14-7-8-15-13(17)6-5-12(16)11(3)4/h5-6,10-11,14H,7-9H2,1-4H3,(H,15,17)/b6-5-. The maximum Gasteiger partial charge on any atom is 0.244 e. The van der Waals surface area contributed by atoms with Crippen LogP contribution in [-0.4, -0.2) is 31.3 Å². The fourth-order valence-corrected chi connectivity index (χ4v) is 1.07. The fraction of sp³-hybridized carbons (Fsp3) is 0.692. The number of nitrogens with one attached hydrogen (secondary N) is 2. The summed E-state index contributed by atoms with van der Waals surface area (Å²) in [6, 6.07) is 0. The second-order valence-electron chi connectivity index (χ2n) is 4.78. The Morgan fingerprint density at radius 3 is 2.24 bits per heavy atom. The lowest BCUT2D eigenvalue weighted by Crippen LogP contribution is -2.32. The van der Waals surface area contributed by atoms with Crippen molar-refractivity contribution in [2.75, 3.05) is 19.6 Å². The van der Waals surface area contributed by atoms with Gasteiger partial charge in [-0.15, -0.1) is 0 Å². The molecule has 0 aliphatic heterocycles. The van der Waals surface area contributed by atoms with Crippen molar-refractivity contribution in [2.24, 2.45) is 11.8 Å². The summed E-state index contributed by atoms with van der Waals surface area (Å²) in [6.45, 7) is 10.1. The van der Waals surface area contributed by atoms with E-state index in [-0.39, 0.29) is 17.6 Å². The van der Waals surface area contributed by atoms with Gasteiger partial charge in [0.2, 0.25) is 5.91 Å². The first-order valence-corrected chi connectivity index (χ1v) is 6.14. The van der Waals surface area contributed by atoms with E-state index in [4.69, 9.17) is 0 Å². The van der Waals surface area contributed by atoms with Crippen molar-refractivity contribution < 1.29 is 9.59 Å². The fourth-order valence-electron chi connectivity index (χ4n) is 1.07. The van der Waals surface area contributed by atoms with Crippen LogP contribution in [0.4, 0.5) is 0 Å². The van der Waals surface area contributed by atoms with Crippen molar-refractivity contribution in [3.05, 3.63) is 12.2 Å². The van der Waals surface area contributed by atoms with Gasteiger partial charge in [0.25, 0.3) is 0 Å². The molecule has 0 aromatic heterocycles. The van der Waals surface area contributed by atoms with Gasteiger partial charge in [0.05, 0.1) is 0 Å². The second-order valence-corrected chi connectivity index (χ2v) is 4.78. The first-order chi connectivity index (χ1) is 7.93. The van der Waals surface area contributed by atoms with Crippen LogP contribution < -0.4 is 10.6 Å². The number of amides is 1. The Labute approximate surface area is 104 Å². The van der Waals surface area contributed by atoms with Crippen LogP contribution in [0.3, 0.4) is 0 Å². The molecule has 0 aromatic carbocycles. The number of rotatable bonds is 8. The van der Waals surface area contributed by atoms with Gasteiger partial charge in [0.1, 0.15) is 0 Å². The molecule has 0 saturated carbocycles. The van der Waals surface area contributed by atoms with E-state index >= 15 is 0 Å². The molecule has 4 nitrogen and oxygen atoms in total. The molecule has 0 atom stereocenters. The van der Waals surface area contributed by atoms with Crippen molar-refractivity contribution in [3.63, 3.8) is 0 Å². The van der Waals surface area contributed by atoms with Crippen LogP contribution >= 0.6 is 0 Å². The Bertz CT molecular complexity index is 271. The molecule has 0 spiro atoms. The molecule has 0 radical (unpaired) electrons. The molecule has 0 aliphatic rings. The first kappa shape index (κ1) is 15.8. The average Bonchev–Trinajstić information content (AvgIpc) is 2.24. The molecular formula is C13H24N2O2. The van der Waals surface area contributed by atoms with Crippen molar-refractivity contribution in [1.82, 2.24) is 10.6 Å². The van der Waals surface area contributed by atoms with E-state index in [9.17, 15) is 9.59 Å². The highest BCUT2D eigenvalue weighted by Gasteiger charge is 2.03. The molecular weight excluding hydrogens is 216 g/mol. The van der Waals surface area contributed by atoms with Crippen molar-refractivity contribution in [2.45, 2.75) is 27.7 Å². The molecule has 0 saturated heterocycles. The predicted molar refractivity (Wildman–Crippen MR) is 69.7 cm³/mol. The zero-order chi connectivity index (χ0) is 13.3. The first-order valence-electron chi connectivity index (χ1n) is 6.14. The van der Waals surface area contributed by atoms with E-state index in [0.717, 1.165) is 13.1 Å². The molecule has 98 valence electrons. The molecule has 1 amide bonds. The zero-order valence-electron chi connectivity index (χ0n) is 11.2. The molecule has 0 heterocycles. The minimum atomic E-state index is -0.217. The average molecular weight is 240 g/mol. The maximum absolute atomic E-state index is 11.3. The van der Waals surface area contributed by atoms with Crippen LogP contribution in [0.15, 0.2) is 12.2 Å². The van der Waals surface area contributed by atoms with Crippen molar-refractivity contribution in [3.8, 4) is 0 Å². The normalized spacial score (nSPS) is 11.4. The van der Waals surface area contributed by atoms with E-state index in [1.807, 2.05) is 0 Å². The Kier molecular flexibility index (Phi) is 8.32. The summed E-state index contributed by atoms with van der Waals surface area (Å²) in [7, 11) is 0. The van der Waals surface area contributed by atoms with Gasteiger partial charge in [-0.1, -0.05) is 27.7 Å². The summed E-state index contributed by atoms with van der Waals surface area (Å²) in [5.74, 6) is 0.296. The highest BCUT2D eigenvalue weighted by molar-refractivity contribution is 5.98. The van der Waals surface area contributed by atoms with E-state index in [1.54, 1.807) is 13.8 Å². The number of hydrogen-bond acceptors (Lipinski definition) is 3. The van der Waals surface area contributed by atoms with Crippen LogP contribution in [0, 0.1) is 11.8 Å². The lowest BCUT2D eigenvalue weighted by molar-refractivity contribution is -0.119. The van der Waals surface area contributed by atoms with Gasteiger partial charge < -0.3 is 10.6 Å². The number of ketones is 1. The largest absolute Gasteiger partial charge is 0.351 e. The summed E-state index contributed by atoms with van der Waals surface area (Å²) < 4.78 is 0. The number of hydrogen-bond donors (Lipinski definition) is 2. The summed E-state index contributed by atoms with van der Waals surface area (Å²) in [6.07, 6.45) is 2.63. The summed E-state index contributed by atoms with van der Waals surface area (Å²) in [5, 5.41) is 5.93. The highest BCUT2D eigenvalue weighted by Crippen LogP contribution is 1.94. The zero-order valence-corrected chi connectivity index (χ0v) is 11.2. The van der Waals surface area contributed by atoms with E-state index in [0.29, 0.717) is 12.5 Å². The van der Waals surface area contributed by atoms with E-state index < -0.39 is 0 Å². The predicted octanol–water partition coefficient (Wildman–Crippen LogP) is 1.13. The van der Waals surface area contributed by atoms with E-state index in [2.05, 4.69) is 24.5 Å². The highest BCUT2D eigenvalue weighted by atomic mass is 16.1. The number of carbonyl (C=O) groups excluding carboxylic acids is 2. The molecule has 0 fully saturated rings. The third kappa shape index (κ3) is 9.75. The summed E-state index contributed by atoms with van der Waals surface area (Å²) >= 11 is 0. The van der Waals surface area contributed by atoms with Crippen LogP contribution in [0.1, 0.15) is 27.7 Å². The van der Waals surface area contributed by atoms with Gasteiger partial charge >= 0.3 is 0 Å². The Morgan fingerprint density at radius 1 is 1.06 bits per heavy atom. The third-order valence-electron chi connectivity index (χ3n) is 2.12. The summed E-state index contributed by atoms with van der Waals surface area (Å²) in [4.78, 5) is 22.5. The quantitative estimate of drug-likeness (QED) is 0.494. The minimum Gasteiger partial charge on any atom is -0.351 e. The minimum absolute atomic E-state index is 0.0296. The van der Waals surface area contributed by atoms with E-state index in [1.165, 1.54) is 12.2 Å². The van der Waals surface area contributed by atoms with Crippen molar-refractivity contribution >= 4 is 11.7 Å².